The molecule has 0 fully saturated rings. The van der Waals surface area contributed by atoms with Gasteiger partial charge in [0.1, 0.15) is 11.5 Å². The second-order valence-corrected chi connectivity index (χ2v) is 8.60. The molecule has 0 bridgehead atoms. The zero-order chi connectivity index (χ0) is 25.1. The standard InChI is InChI=1S/C30H26N4O2/c1-21-23(20-33(22(2)35)25-14-8-4-9-15-25)18-27-28(36)19-29(32-24-12-6-3-7-13-24)34(30(27)31-21)26-16-10-5-11-17-26/h3-19,32H,20H2,1-2H3. The average Bonchev–Trinajstić information content (AvgIpc) is 2.89. The van der Waals surface area contributed by atoms with E-state index in [2.05, 4.69) is 5.32 Å². The fraction of sp³-hybridized carbons (Fsp3) is 0.100. The fourth-order valence-corrected chi connectivity index (χ4v) is 4.29. The molecule has 0 aliphatic carbocycles. The lowest BCUT2D eigenvalue weighted by Gasteiger charge is -2.23. The van der Waals surface area contributed by atoms with E-state index in [1.807, 2.05) is 109 Å². The summed E-state index contributed by atoms with van der Waals surface area (Å²) in [6.45, 7) is 3.78. The molecule has 0 aliphatic heterocycles. The van der Waals surface area contributed by atoms with Crippen LogP contribution in [-0.2, 0) is 11.3 Å². The van der Waals surface area contributed by atoms with Gasteiger partial charge in [0.2, 0.25) is 5.91 Å². The summed E-state index contributed by atoms with van der Waals surface area (Å²) in [5, 5.41) is 3.87. The Morgan fingerprint density at radius 1 is 0.889 bits per heavy atom. The number of anilines is 3. The van der Waals surface area contributed by atoms with E-state index in [1.54, 1.807) is 17.9 Å². The first-order valence-corrected chi connectivity index (χ1v) is 11.8. The summed E-state index contributed by atoms with van der Waals surface area (Å²) in [5.74, 6) is 0.545. The molecular formula is C30H26N4O2. The van der Waals surface area contributed by atoms with Crippen molar-refractivity contribution in [2.75, 3.05) is 10.2 Å². The molecule has 36 heavy (non-hydrogen) atoms. The van der Waals surface area contributed by atoms with Crippen LogP contribution in [0.2, 0.25) is 0 Å². The highest BCUT2D eigenvalue weighted by Gasteiger charge is 2.18. The highest BCUT2D eigenvalue weighted by atomic mass is 16.2. The van der Waals surface area contributed by atoms with Gasteiger partial charge in [0.05, 0.1) is 11.9 Å². The van der Waals surface area contributed by atoms with Crippen LogP contribution in [0.3, 0.4) is 0 Å². The molecule has 0 unspecified atom stereocenters. The lowest BCUT2D eigenvalue weighted by molar-refractivity contribution is -0.116. The Hall–Kier alpha value is -4.71. The largest absolute Gasteiger partial charge is 0.341 e. The number of nitrogens with zero attached hydrogens (tertiary/aromatic N) is 3. The van der Waals surface area contributed by atoms with E-state index in [-0.39, 0.29) is 11.3 Å². The summed E-state index contributed by atoms with van der Waals surface area (Å²) in [6, 6.07) is 32.5. The van der Waals surface area contributed by atoms with Crippen LogP contribution >= 0.6 is 0 Å². The number of amides is 1. The number of rotatable bonds is 6. The number of hydrogen-bond acceptors (Lipinski definition) is 4. The van der Waals surface area contributed by atoms with Crippen molar-refractivity contribution in [3.63, 3.8) is 0 Å². The van der Waals surface area contributed by atoms with E-state index in [0.717, 1.165) is 28.3 Å². The minimum Gasteiger partial charge on any atom is -0.341 e. The lowest BCUT2D eigenvalue weighted by atomic mass is 10.1. The van der Waals surface area contributed by atoms with Gasteiger partial charge in [-0.15, -0.1) is 0 Å². The van der Waals surface area contributed by atoms with Crippen molar-refractivity contribution in [2.45, 2.75) is 20.4 Å². The number of fused-ring (bicyclic) bond motifs is 1. The SMILES string of the molecule is CC(=O)N(Cc1cc2c(=O)cc(Nc3ccccc3)n(-c3ccccc3)c2nc1C)c1ccccc1. The molecule has 1 N–H and O–H groups in total. The molecule has 6 heteroatoms. The van der Waals surface area contributed by atoms with Crippen LogP contribution in [-0.4, -0.2) is 15.5 Å². The van der Waals surface area contributed by atoms with Crippen LogP contribution in [0.5, 0.6) is 0 Å². The van der Waals surface area contributed by atoms with Crippen LogP contribution in [0, 0.1) is 6.92 Å². The summed E-state index contributed by atoms with van der Waals surface area (Å²) < 4.78 is 1.96. The molecule has 0 spiro atoms. The summed E-state index contributed by atoms with van der Waals surface area (Å²) >= 11 is 0. The predicted molar refractivity (Wildman–Crippen MR) is 145 cm³/mol. The molecule has 0 atom stereocenters. The highest BCUT2D eigenvalue weighted by Crippen LogP contribution is 2.26. The quantitative estimate of drug-likeness (QED) is 0.328. The number of carbonyl (C=O) groups is 1. The van der Waals surface area contributed by atoms with Crippen molar-refractivity contribution >= 4 is 34.1 Å². The van der Waals surface area contributed by atoms with Gasteiger partial charge in [-0.05, 0) is 55.0 Å². The van der Waals surface area contributed by atoms with Gasteiger partial charge in [0.15, 0.2) is 5.43 Å². The number of hydrogen-bond donors (Lipinski definition) is 1. The Labute approximate surface area is 209 Å². The number of nitrogens with one attached hydrogen (secondary N) is 1. The van der Waals surface area contributed by atoms with Crippen molar-refractivity contribution < 1.29 is 4.79 Å². The fourth-order valence-electron chi connectivity index (χ4n) is 4.29. The van der Waals surface area contributed by atoms with Gasteiger partial charge in [-0.25, -0.2) is 4.98 Å². The Morgan fingerprint density at radius 2 is 1.50 bits per heavy atom. The van der Waals surface area contributed by atoms with Crippen molar-refractivity contribution in [2.24, 2.45) is 0 Å². The molecule has 5 rings (SSSR count). The minimum absolute atomic E-state index is 0.0789. The van der Waals surface area contributed by atoms with Crippen LogP contribution in [0.4, 0.5) is 17.2 Å². The predicted octanol–water partition coefficient (Wildman–Crippen LogP) is 5.99. The molecule has 0 aliphatic rings. The van der Waals surface area contributed by atoms with Gasteiger partial charge in [0.25, 0.3) is 0 Å². The van der Waals surface area contributed by atoms with E-state index >= 15 is 0 Å². The van der Waals surface area contributed by atoms with Crippen molar-refractivity contribution in [3.8, 4) is 5.69 Å². The molecule has 2 aromatic heterocycles. The number of carbonyl (C=O) groups excluding carboxylic acids is 1. The van der Waals surface area contributed by atoms with Crippen LogP contribution in [0.25, 0.3) is 16.7 Å². The number of benzene rings is 3. The molecule has 0 saturated heterocycles. The third-order valence-electron chi connectivity index (χ3n) is 6.12. The molecule has 0 saturated carbocycles. The topological polar surface area (TPSA) is 67.2 Å². The van der Waals surface area contributed by atoms with E-state index in [0.29, 0.717) is 23.4 Å². The molecular weight excluding hydrogens is 448 g/mol. The summed E-state index contributed by atoms with van der Waals surface area (Å²) in [5.41, 5.74) is 4.55. The molecule has 178 valence electrons. The minimum atomic E-state index is -0.140. The van der Waals surface area contributed by atoms with E-state index in [1.165, 1.54) is 0 Å². The van der Waals surface area contributed by atoms with Crippen LogP contribution in [0.1, 0.15) is 18.2 Å². The van der Waals surface area contributed by atoms with E-state index in [9.17, 15) is 9.59 Å². The summed E-state index contributed by atoms with van der Waals surface area (Å²) in [7, 11) is 0. The maximum Gasteiger partial charge on any atom is 0.224 e. The first-order valence-electron chi connectivity index (χ1n) is 11.8. The van der Waals surface area contributed by atoms with Crippen molar-refractivity contribution in [3.05, 3.63) is 125 Å². The van der Waals surface area contributed by atoms with Gasteiger partial charge in [-0.3, -0.25) is 14.2 Å². The number of aromatic nitrogens is 2. The molecule has 2 heterocycles. The average molecular weight is 475 g/mol. The summed E-state index contributed by atoms with van der Waals surface area (Å²) in [6.07, 6.45) is 0. The number of para-hydroxylation sites is 3. The molecule has 1 amide bonds. The molecule has 3 aromatic carbocycles. The van der Waals surface area contributed by atoms with Gasteiger partial charge in [-0.1, -0.05) is 54.6 Å². The Morgan fingerprint density at radius 3 is 2.14 bits per heavy atom. The third-order valence-corrected chi connectivity index (χ3v) is 6.12. The molecule has 6 nitrogen and oxygen atoms in total. The highest BCUT2D eigenvalue weighted by molar-refractivity contribution is 5.91. The van der Waals surface area contributed by atoms with Gasteiger partial charge < -0.3 is 10.2 Å². The Balaban J connectivity index is 1.67. The van der Waals surface area contributed by atoms with Gasteiger partial charge >= 0.3 is 0 Å². The number of aryl methyl sites for hydroxylation is 1. The Kier molecular flexibility index (Phi) is 6.33. The van der Waals surface area contributed by atoms with Crippen molar-refractivity contribution in [1.29, 1.82) is 0 Å². The first-order chi connectivity index (χ1) is 17.5. The van der Waals surface area contributed by atoms with Crippen LogP contribution in [0.15, 0.2) is 108 Å². The first kappa shape index (κ1) is 23.1. The molecule has 0 radical (unpaired) electrons. The summed E-state index contributed by atoms with van der Waals surface area (Å²) in [4.78, 5) is 32.4. The smallest absolute Gasteiger partial charge is 0.224 e. The third kappa shape index (κ3) is 4.61. The second kappa shape index (κ2) is 9.88. The maximum absolute atomic E-state index is 13.4. The normalized spacial score (nSPS) is 10.8. The molecule has 5 aromatic rings. The van der Waals surface area contributed by atoms with Gasteiger partial charge in [-0.2, -0.15) is 0 Å². The monoisotopic (exact) mass is 474 g/mol. The van der Waals surface area contributed by atoms with Gasteiger partial charge in [0, 0.05) is 35.7 Å². The van der Waals surface area contributed by atoms with Crippen LogP contribution < -0.4 is 15.6 Å². The lowest BCUT2D eigenvalue weighted by Crippen LogP contribution is -2.28. The van der Waals surface area contributed by atoms with E-state index in [4.69, 9.17) is 4.98 Å². The number of pyridine rings is 2. The second-order valence-electron chi connectivity index (χ2n) is 8.60. The zero-order valence-corrected chi connectivity index (χ0v) is 20.2. The van der Waals surface area contributed by atoms with Crippen molar-refractivity contribution in [1.82, 2.24) is 9.55 Å². The van der Waals surface area contributed by atoms with E-state index < -0.39 is 0 Å². The maximum atomic E-state index is 13.4. The Bertz CT molecular complexity index is 1580. The zero-order valence-electron chi connectivity index (χ0n) is 20.2.